The molecule has 2 aromatic rings. The van der Waals surface area contributed by atoms with Crippen molar-refractivity contribution < 1.29 is 9.13 Å². The van der Waals surface area contributed by atoms with Crippen LogP contribution in [0.1, 0.15) is 26.5 Å². The van der Waals surface area contributed by atoms with Gasteiger partial charge in [0.05, 0.1) is 12.6 Å². The van der Waals surface area contributed by atoms with E-state index in [0.29, 0.717) is 10.9 Å². The lowest BCUT2D eigenvalue weighted by molar-refractivity contribution is 0.387. The molecule has 18 heavy (non-hydrogen) atoms. The number of fused-ring (bicyclic) bond motifs is 1. The number of aromatic nitrogens is 1. The van der Waals surface area contributed by atoms with E-state index in [1.165, 1.54) is 19.2 Å². The first kappa shape index (κ1) is 12.6. The van der Waals surface area contributed by atoms with Gasteiger partial charge in [0.1, 0.15) is 0 Å². The van der Waals surface area contributed by atoms with Crippen LogP contribution in [0.5, 0.6) is 5.75 Å². The molecule has 0 aliphatic heterocycles. The van der Waals surface area contributed by atoms with Crippen LogP contribution < -0.4 is 10.2 Å². The zero-order chi connectivity index (χ0) is 13.5. The third-order valence-electron chi connectivity index (χ3n) is 2.91. The first-order valence-corrected chi connectivity index (χ1v) is 5.74. The third kappa shape index (κ3) is 2.10. The molecule has 96 valence electrons. The van der Waals surface area contributed by atoms with Crippen molar-refractivity contribution in [3.63, 3.8) is 0 Å². The van der Waals surface area contributed by atoms with Crippen molar-refractivity contribution in [2.75, 3.05) is 7.11 Å². The van der Waals surface area contributed by atoms with Crippen molar-refractivity contribution >= 4 is 10.9 Å². The fourth-order valence-electron chi connectivity index (χ4n) is 1.81. The number of benzene rings is 1. The molecule has 0 radical (unpaired) electrons. The number of methoxy groups -OCH3 is 1. The number of aromatic amines is 1. The molecule has 0 fully saturated rings. The quantitative estimate of drug-likeness (QED) is 0.844. The maximum Gasteiger partial charge on any atom is 0.189 e. The zero-order valence-electron chi connectivity index (χ0n) is 10.9. The molecular weight excluding hydrogens is 233 g/mol. The Labute approximate surface area is 105 Å². The van der Waals surface area contributed by atoms with Crippen LogP contribution in [0.4, 0.5) is 4.39 Å². The molecule has 0 saturated heterocycles. The Kier molecular flexibility index (Phi) is 2.89. The number of rotatable bonds is 1. The number of H-pyrrole nitrogens is 1. The molecule has 4 heteroatoms. The lowest BCUT2D eigenvalue weighted by Crippen LogP contribution is -2.17. The second-order valence-corrected chi connectivity index (χ2v) is 5.33. The van der Waals surface area contributed by atoms with Crippen molar-refractivity contribution in [3.05, 3.63) is 39.9 Å². The van der Waals surface area contributed by atoms with Crippen molar-refractivity contribution in [1.29, 1.82) is 0 Å². The molecule has 0 bridgehead atoms. The fraction of sp³-hybridized carbons (Fsp3) is 0.357. The summed E-state index contributed by atoms with van der Waals surface area (Å²) in [4.78, 5) is 15.1. The van der Waals surface area contributed by atoms with Crippen LogP contribution >= 0.6 is 0 Å². The number of hydrogen-bond acceptors (Lipinski definition) is 2. The minimum atomic E-state index is -0.480. The van der Waals surface area contributed by atoms with Crippen LogP contribution in [-0.2, 0) is 5.41 Å². The summed E-state index contributed by atoms with van der Waals surface area (Å²) in [5.41, 5.74) is 0.950. The minimum Gasteiger partial charge on any atom is -0.494 e. The molecule has 2 rings (SSSR count). The second-order valence-electron chi connectivity index (χ2n) is 5.33. The van der Waals surface area contributed by atoms with Gasteiger partial charge in [0.25, 0.3) is 0 Å². The highest BCUT2D eigenvalue weighted by Gasteiger charge is 2.17. The van der Waals surface area contributed by atoms with Gasteiger partial charge in [-0.3, -0.25) is 4.79 Å². The van der Waals surface area contributed by atoms with Gasteiger partial charge in [0, 0.05) is 28.6 Å². The van der Waals surface area contributed by atoms with E-state index < -0.39 is 5.82 Å². The van der Waals surface area contributed by atoms with Gasteiger partial charge in [-0.25, -0.2) is 4.39 Å². The van der Waals surface area contributed by atoms with Crippen LogP contribution in [0.2, 0.25) is 0 Å². The molecule has 0 amide bonds. The molecule has 0 aliphatic carbocycles. The van der Waals surface area contributed by atoms with E-state index in [-0.39, 0.29) is 16.6 Å². The monoisotopic (exact) mass is 249 g/mol. The summed E-state index contributed by atoms with van der Waals surface area (Å²) < 4.78 is 18.5. The van der Waals surface area contributed by atoms with Crippen LogP contribution in [-0.4, -0.2) is 12.1 Å². The van der Waals surface area contributed by atoms with Gasteiger partial charge in [-0.15, -0.1) is 0 Å². The largest absolute Gasteiger partial charge is 0.494 e. The molecule has 0 saturated carbocycles. The summed E-state index contributed by atoms with van der Waals surface area (Å²) in [7, 11) is 1.38. The fourth-order valence-corrected chi connectivity index (χ4v) is 1.81. The molecule has 0 unspecified atom stereocenters. The summed E-state index contributed by atoms with van der Waals surface area (Å²) in [5.74, 6) is -0.400. The predicted molar refractivity (Wildman–Crippen MR) is 69.8 cm³/mol. The molecule has 1 aromatic heterocycles. The summed E-state index contributed by atoms with van der Waals surface area (Å²) in [6.07, 6.45) is 0. The van der Waals surface area contributed by atoms with E-state index in [4.69, 9.17) is 4.74 Å². The van der Waals surface area contributed by atoms with Gasteiger partial charge in [-0.1, -0.05) is 20.8 Å². The van der Waals surface area contributed by atoms with E-state index in [1.54, 1.807) is 6.07 Å². The van der Waals surface area contributed by atoms with Gasteiger partial charge in [0.2, 0.25) is 0 Å². The van der Waals surface area contributed by atoms with Gasteiger partial charge < -0.3 is 9.72 Å². The highest BCUT2D eigenvalue weighted by atomic mass is 19.1. The number of nitrogens with one attached hydrogen (secondary N) is 1. The van der Waals surface area contributed by atoms with Crippen LogP contribution in [0.3, 0.4) is 0 Å². The van der Waals surface area contributed by atoms with Crippen molar-refractivity contribution in [3.8, 4) is 5.75 Å². The Morgan fingerprint density at radius 2 is 1.89 bits per heavy atom. The first-order valence-electron chi connectivity index (χ1n) is 5.74. The van der Waals surface area contributed by atoms with E-state index in [9.17, 15) is 9.18 Å². The molecule has 0 spiro atoms. The predicted octanol–water partition coefficient (Wildman–Crippen LogP) is 2.97. The van der Waals surface area contributed by atoms with Gasteiger partial charge >= 0.3 is 0 Å². The molecule has 1 heterocycles. The van der Waals surface area contributed by atoms with Gasteiger partial charge in [-0.2, -0.15) is 0 Å². The Balaban J connectivity index is 2.79. The maximum atomic E-state index is 13.6. The van der Waals surface area contributed by atoms with Crippen molar-refractivity contribution in [1.82, 2.24) is 4.98 Å². The average Bonchev–Trinajstić information content (AvgIpc) is 2.26. The Hall–Kier alpha value is -1.84. The molecular formula is C14H16FNO2. The van der Waals surface area contributed by atoms with Crippen LogP contribution in [0, 0.1) is 5.82 Å². The summed E-state index contributed by atoms with van der Waals surface area (Å²) in [5, 5.41) is 0.432. The smallest absolute Gasteiger partial charge is 0.189 e. The second kappa shape index (κ2) is 4.12. The summed E-state index contributed by atoms with van der Waals surface area (Å²) >= 11 is 0. The summed E-state index contributed by atoms with van der Waals surface area (Å²) in [6, 6.07) is 4.28. The maximum absolute atomic E-state index is 13.6. The van der Waals surface area contributed by atoms with Gasteiger partial charge in [-0.05, 0) is 6.07 Å². The van der Waals surface area contributed by atoms with E-state index in [1.807, 2.05) is 20.8 Å². The van der Waals surface area contributed by atoms with Gasteiger partial charge in [0.15, 0.2) is 17.0 Å². The van der Waals surface area contributed by atoms with E-state index >= 15 is 0 Å². The molecule has 3 nitrogen and oxygen atoms in total. The minimum absolute atomic E-state index is 0.0801. The molecule has 1 N–H and O–H groups in total. The first-order chi connectivity index (χ1) is 8.32. The summed E-state index contributed by atoms with van der Waals surface area (Å²) in [6.45, 7) is 5.97. The highest BCUT2D eigenvalue weighted by Crippen LogP contribution is 2.24. The molecule has 1 aromatic carbocycles. The number of pyridine rings is 1. The van der Waals surface area contributed by atoms with E-state index in [2.05, 4.69) is 4.98 Å². The molecule has 0 atom stereocenters. The third-order valence-corrected chi connectivity index (χ3v) is 2.91. The SMILES string of the molecule is COc1cc2c(=O)cc(C(C)(C)C)[nH]c2cc1F. The Morgan fingerprint density at radius 3 is 2.44 bits per heavy atom. The highest BCUT2D eigenvalue weighted by molar-refractivity contribution is 5.80. The standard InChI is InChI=1S/C14H16FNO2/c1-14(2,3)13-7-11(17)8-5-12(18-4)9(15)6-10(8)16-13/h5-7H,1-4H3,(H,16,17). The van der Waals surface area contributed by atoms with Crippen LogP contribution in [0.15, 0.2) is 23.0 Å². The molecule has 0 aliphatic rings. The average molecular weight is 249 g/mol. The van der Waals surface area contributed by atoms with Crippen molar-refractivity contribution in [2.45, 2.75) is 26.2 Å². The number of hydrogen-bond donors (Lipinski definition) is 1. The lowest BCUT2D eigenvalue weighted by atomic mass is 9.91. The number of halogens is 1. The Bertz CT molecular complexity index is 653. The lowest BCUT2D eigenvalue weighted by Gasteiger charge is -2.19. The number of ether oxygens (including phenoxy) is 1. The van der Waals surface area contributed by atoms with Crippen molar-refractivity contribution in [2.24, 2.45) is 0 Å². The van der Waals surface area contributed by atoms with E-state index in [0.717, 1.165) is 5.69 Å². The van der Waals surface area contributed by atoms with Crippen LogP contribution in [0.25, 0.3) is 10.9 Å². The zero-order valence-corrected chi connectivity index (χ0v) is 10.9. The normalized spacial score (nSPS) is 11.8. The Morgan fingerprint density at radius 1 is 1.22 bits per heavy atom. The topological polar surface area (TPSA) is 42.1 Å².